The topological polar surface area (TPSA) is 39.7 Å². The number of hydrogen-bond donors (Lipinski definition) is 0. The Kier molecular flexibility index (Phi) is 5.81. The van der Waals surface area contributed by atoms with Crippen molar-refractivity contribution in [1.29, 1.82) is 0 Å². The van der Waals surface area contributed by atoms with Gasteiger partial charge in [-0.2, -0.15) is 0 Å². The Morgan fingerprint density at radius 3 is 2.62 bits per heavy atom. The van der Waals surface area contributed by atoms with Crippen molar-refractivity contribution >= 4 is 5.91 Å². The van der Waals surface area contributed by atoms with Gasteiger partial charge < -0.3 is 4.90 Å². The lowest BCUT2D eigenvalue weighted by Crippen LogP contribution is -2.59. The van der Waals surface area contributed by atoms with Crippen molar-refractivity contribution in [3.63, 3.8) is 0 Å². The number of fused-ring (bicyclic) bond motifs is 1. The summed E-state index contributed by atoms with van der Waals surface area (Å²) in [5, 5.41) is 0. The molecule has 1 aromatic carbocycles. The molecule has 3 fully saturated rings. The molecule has 5 heteroatoms. The van der Waals surface area contributed by atoms with Gasteiger partial charge in [-0.1, -0.05) is 43.3 Å². The van der Waals surface area contributed by atoms with E-state index in [2.05, 4.69) is 70.1 Å². The zero-order chi connectivity index (χ0) is 22.3. The van der Waals surface area contributed by atoms with Gasteiger partial charge in [0.1, 0.15) is 0 Å². The van der Waals surface area contributed by atoms with Crippen LogP contribution < -0.4 is 0 Å². The minimum absolute atomic E-state index is 0.211. The van der Waals surface area contributed by atoms with Crippen LogP contribution in [0.25, 0.3) is 0 Å². The summed E-state index contributed by atoms with van der Waals surface area (Å²) in [6.07, 6.45) is 9.45. The summed E-state index contributed by atoms with van der Waals surface area (Å²) in [5.41, 5.74) is 2.73. The van der Waals surface area contributed by atoms with Crippen molar-refractivity contribution < 1.29 is 4.79 Å². The van der Waals surface area contributed by atoms with Crippen molar-refractivity contribution in [2.24, 2.45) is 5.41 Å². The molecule has 0 unspecified atom stereocenters. The van der Waals surface area contributed by atoms with Crippen LogP contribution in [0.5, 0.6) is 0 Å². The van der Waals surface area contributed by atoms with Gasteiger partial charge in [0.15, 0.2) is 0 Å². The SMILES string of the molecule is CN(CC(=O)N1[C@H]2CCC[C@H]3N(C)[C@H](Cc4ccccc4)[C@@H]1C[C@@]23C)Cc1cccnc1. The molecule has 1 aliphatic carbocycles. The number of piperidine rings is 1. The first kappa shape index (κ1) is 21.6. The number of amides is 1. The maximum Gasteiger partial charge on any atom is 0.237 e. The average Bonchev–Trinajstić information content (AvgIpc) is 3.10. The number of carbonyl (C=O) groups excluding carboxylic acids is 1. The van der Waals surface area contributed by atoms with Crippen LogP contribution in [0, 0.1) is 5.41 Å². The summed E-state index contributed by atoms with van der Waals surface area (Å²) in [6.45, 7) is 3.66. The molecule has 2 saturated heterocycles. The Labute approximate surface area is 192 Å². The van der Waals surface area contributed by atoms with Crippen molar-refractivity contribution in [2.45, 2.75) is 69.7 Å². The zero-order valence-corrected chi connectivity index (χ0v) is 19.7. The van der Waals surface area contributed by atoms with Crippen LogP contribution in [0.2, 0.25) is 0 Å². The van der Waals surface area contributed by atoms with E-state index in [-0.39, 0.29) is 5.41 Å². The normalized spacial score (nSPS) is 31.8. The number of nitrogens with zero attached hydrogens (tertiary/aromatic N) is 4. The molecule has 1 saturated carbocycles. The van der Waals surface area contributed by atoms with Gasteiger partial charge in [-0.25, -0.2) is 0 Å². The maximum absolute atomic E-state index is 13.8. The van der Waals surface area contributed by atoms with Crippen molar-refractivity contribution in [1.82, 2.24) is 19.7 Å². The molecule has 0 radical (unpaired) electrons. The predicted molar refractivity (Wildman–Crippen MR) is 127 cm³/mol. The summed E-state index contributed by atoms with van der Waals surface area (Å²) in [7, 11) is 4.36. The number of rotatable bonds is 6. The van der Waals surface area contributed by atoms with Crippen molar-refractivity contribution in [3.8, 4) is 0 Å². The number of hydrogen-bond acceptors (Lipinski definition) is 4. The fraction of sp³-hybridized carbons (Fsp3) is 0.556. The van der Waals surface area contributed by atoms with E-state index in [0.29, 0.717) is 36.6 Å². The molecule has 3 aliphatic rings. The van der Waals surface area contributed by atoms with Gasteiger partial charge in [0.2, 0.25) is 5.91 Å². The number of likely N-dealkylation sites (tertiary alicyclic amines) is 2. The number of benzene rings is 1. The lowest BCUT2D eigenvalue weighted by molar-refractivity contribution is -0.136. The summed E-state index contributed by atoms with van der Waals surface area (Å²) in [6, 6.07) is 16.5. The first-order valence-electron chi connectivity index (χ1n) is 12.1. The molecule has 2 bridgehead atoms. The number of aromatic nitrogens is 1. The quantitative estimate of drug-likeness (QED) is 0.699. The van der Waals surface area contributed by atoms with Crippen molar-refractivity contribution in [2.75, 3.05) is 20.6 Å². The fourth-order valence-corrected chi connectivity index (χ4v) is 7.05. The van der Waals surface area contributed by atoms with E-state index < -0.39 is 0 Å². The standard InChI is InChI=1S/C27H36N4O/c1-27-16-23-22(15-20-9-5-4-6-10-20)30(3)24(27)12-7-13-25(27)31(23)26(32)19-29(2)18-21-11-8-14-28-17-21/h4-6,8-11,14,17,22-25H,7,12-13,15-16,18-19H2,1-3H3/t22-,23+,24-,25+,27-/m1/s1. The predicted octanol–water partition coefficient (Wildman–Crippen LogP) is 3.60. The summed E-state index contributed by atoms with van der Waals surface area (Å²) < 4.78 is 0. The van der Waals surface area contributed by atoms with Crippen LogP contribution in [-0.4, -0.2) is 70.4 Å². The molecule has 5 atom stereocenters. The second-order valence-corrected chi connectivity index (χ2v) is 10.5. The van der Waals surface area contributed by atoms with E-state index in [9.17, 15) is 4.79 Å². The van der Waals surface area contributed by atoms with Crippen LogP contribution in [0.4, 0.5) is 0 Å². The highest BCUT2D eigenvalue weighted by Crippen LogP contribution is 2.56. The molecule has 3 heterocycles. The maximum atomic E-state index is 13.8. The highest BCUT2D eigenvalue weighted by Gasteiger charge is 2.62. The van der Waals surface area contributed by atoms with Gasteiger partial charge in [-0.3, -0.25) is 19.6 Å². The monoisotopic (exact) mass is 432 g/mol. The van der Waals surface area contributed by atoms with Crippen LogP contribution in [0.1, 0.15) is 43.7 Å². The summed E-state index contributed by atoms with van der Waals surface area (Å²) in [5.74, 6) is 0.295. The Hall–Kier alpha value is -2.24. The molecule has 2 aliphatic heterocycles. The molecule has 0 N–H and O–H groups in total. The van der Waals surface area contributed by atoms with E-state index in [1.54, 1.807) is 6.20 Å². The molecule has 5 rings (SSSR count). The third-order valence-electron chi connectivity index (χ3n) is 8.43. The molecule has 1 aromatic heterocycles. The Bertz CT molecular complexity index is 935. The lowest BCUT2D eigenvalue weighted by atomic mass is 9.64. The lowest BCUT2D eigenvalue weighted by Gasteiger charge is -2.51. The smallest absolute Gasteiger partial charge is 0.237 e. The van der Waals surface area contributed by atoms with Gasteiger partial charge in [-0.05, 0) is 63.4 Å². The van der Waals surface area contributed by atoms with Gasteiger partial charge >= 0.3 is 0 Å². The minimum atomic E-state index is 0.211. The third kappa shape index (κ3) is 3.75. The van der Waals surface area contributed by atoms with E-state index in [1.165, 1.54) is 18.4 Å². The number of pyridine rings is 1. The second-order valence-electron chi connectivity index (χ2n) is 10.5. The Morgan fingerprint density at radius 2 is 1.88 bits per heavy atom. The van der Waals surface area contributed by atoms with Gasteiger partial charge in [-0.15, -0.1) is 0 Å². The Morgan fingerprint density at radius 1 is 1.12 bits per heavy atom. The molecular formula is C27H36N4O. The summed E-state index contributed by atoms with van der Waals surface area (Å²) >= 11 is 0. The third-order valence-corrected chi connectivity index (χ3v) is 8.43. The Balaban J connectivity index is 1.39. The molecule has 5 nitrogen and oxygen atoms in total. The van der Waals surface area contributed by atoms with Crippen molar-refractivity contribution in [3.05, 3.63) is 66.0 Å². The first-order chi connectivity index (χ1) is 15.5. The van der Waals surface area contributed by atoms with Crippen LogP contribution in [0.3, 0.4) is 0 Å². The molecule has 170 valence electrons. The molecule has 2 aromatic rings. The molecular weight excluding hydrogens is 396 g/mol. The highest BCUT2D eigenvalue weighted by molar-refractivity contribution is 5.80. The zero-order valence-electron chi connectivity index (χ0n) is 19.7. The average molecular weight is 433 g/mol. The highest BCUT2D eigenvalue weighted by atomic mass is 16.2. The number of carbonyl (C=O) groups is 1. The molecule has 32 heavy (non-hydrogen) atoms. The minimum Gasteiger partial charge on any atom is -0.333 e. The fourth-order valence-electron chi connectivity index (χ4n) is 7.05. The van der Waals surface area contributed by atoms with Gasteiger partial charge in [0.25, 0.3) is 0 Å². The van der Waals surface area contributed by atoms with Crippen LogP contribution >= 0.6 is 0 Å². The van der Waals surface area contributed by atoms with E-state index in [1.807, 2.05) is 19.3 Å². The second kappa shape index (κ2) is 8.60. The molecule has 0 spiro atoms. The van der Waals surface area contributed by atoms with Crippen LogP contribution in [-0.2, 0) is 17.8 Å². The summed E-state index contributed by atoms with van der Waals surface area (Å²) in [4.78, 5) is 25.1. The van der Waals surface area contributed by atoms with Gasteiger partial charge in [0, 0.05) is 48.5 Å². The molecule has 1 amide bonds. The largest absolute Gasteiger partial charge is 0.333 e. The van der Waals surface area contributed by atoms with Crippen LogP contribution in [0.15, 0.2) is 54.9 Å². The van der Waals surface area contributed by atoms with E-state index in [0.717, 1.165) is 31.4 Å². The van der Waals surface area contributed by atoms with E-state index in [4.69, 9.17) is 0 Å². The number of likely N-dealkylation sites (N-methyl/N-ethyl adjacent to an activating group) is 2. The van der Waals surface area contributed by atoms with E-state index >= 15 is 0 Å². The van der Waals surface area contributed by atoms with Gasteiger partial charge in [0.05, 0.1) is 6.54 Å². The first-order valence-corrected chi connectivity index (χ1v) is 12.1.